The third-order valence-corrected chi connectivity index (χ3v) is 4.36. The first-order valence-corrected chi connectivity index (χ1v) is 7.41. The molecule has 2 rings (SSSR count). The lowest BCUT2D eigenvalue weighted by atomic mass is 10.2. The van der Waals surface area contributed by atoms with Crippen molar-refractivity contribution in [3.05, 3.63) is 34.9 Å². The average Bonchev–Trinajstić information content (AvgIpc) is 2.72. The first kappa shape index (κ1) is 14.2. The van der Waals surface area contributed by atoms with Gasteiger partial charge in [-0.05, 0) is 17.7 Å². The molecule has 2 amide bonds. The van der Waals surface area contributed by atoms with Crippen molar-refractivity contribution in [1.82, 2.24) is 10.2 Å². The van der Waals surface area contributed by atoms with Gasteiger partial charge in [0.15, 0.2) is 0 Å². The third-order valence-electron chi connectivity index (χ3n) is 2.85. The predicted molar refractivity (Wildman–Crippen MR) is 77.0 cm³/mol. The Hall–Kier alpha value is -1.20. The van der Waals surface area contributed by atoms with Gasteiger partial charge in [0.25, 0.3) is 0 Å². The van der Waals surface area contributed by atoms with E-state index >= 15 is 0 Å². The number of benzene rings is 1. The number of amides is 2. The molecule has 0 bridgehead atoms. The van der Waals surface area contributed by atoms with Crippen LogP contribution < -0.4 is 5.32 Å². The minimum Gasteiger partial charge on any atom is -0.355 e. The number of halogens is 1. The molecule has 0 saturated carbocycles. The van der Waals surface area contributed by atoms with E-state index in [9.17, 15) is 9.59 Å². The van der Waals surface area contributed by atoms with Crippen molar-refractivity contribution in [3.63, 3.8) is 0 Å². The lowest BCUT2D eigenvalue weighted by Gasteiger charge is -2.24. The molecule has 1 fully saturated rings. The number of hydrogen-bond acceptors (Lipinski definition) is 3. The molecule has 1 aromatic carbocycles. The molecule has 1 aromatic rings. The maximum absolute atomic E-state index is 11.9. The number of carbonyl (C=O) groups is 2. The summed E-state index contributed by atoms with van der Waals surface area (Å²) in [6, 6.07) is 7.52. The molecule has 102 valence electrons. The number of rotatable bonds is 4. The topological polar surface area (TPSA) is 49.4 Å². The van der Waals surface area contributed by atoms with Crippen molar-refractivity contribution in [2.45, 2.75) is 12.3 Å². The average molecular weight is 299 g/mol. The zero-order valence-electron chi connectivity index (χ0n) is 10.6. The van der Waals surface area contributed by atoms with Crippen molar-refractivity contribution in [2.75, 3.05) is 18.8 Å². The van der Waals surface area contributed by atoms with E-state index in [1.807, 2.05) is 24.3 Å². The maximum atomic E-state index is 11.9. The summed E-state index contributed by atoms with van der Waals surface area (Å²) < 4.78 is 0. The van der Waals surface area contributed by atoms with Crippen LogP contribution in [0.15, 0.2) is 24.3 Å². The van der Waals surface area contributed by atoms with Crippen molar-refractivity contribution in [3.8, 4) is 0 Å². The lowest BCUT2D eigenvalue weighted by molar-refractivity contribution is -0.128. The van der Waals surface area contributed by atoms with E-state index in [1.54, 1.807) is 16.7 Å². The first-order valence-electron chi connectivity index (χ1n) is 5.99. The number of nitrogens with zero attached hydrogens (tertiary/aromatic N) is 1. The summed E-state index contributed by atoms with van der Waals surface area (Å²) in [5, 5.41) is 3.41. The molecule has 1 aliphatic heterocycles. The largest absolute Gasteiger partial charge is 0.355 e. The van der Waals surface area contributed by atoms with Gasteiger partial charge in [-0.15, -0.1) is 11.8 Å². The van der Waals surface area contributed by atoms with Gasteiger partial charge < -0.3 is 10.2 Å². The normalized spacial score (nSPS) is 18.7. The van der Waals surface area contributed by atoms with E-state index in [0.717, 1.165) is 5.56 Å². The number of nitrogens with one attached hydrogen (secondary N) is 1. The predicted octanol–water partition coefficient (Wildman–Crippen LogP) is 2.05. The summed E-state index contributed by atoms with van der Waals surface area (Å²) in [5.74, 6) is 0.505. The summed E-state index contributed by atoms with van der Waals surface area (Å²) in [6.07, 6.45) is 0. The molecular weight excluding hydrogens is 284 g/mol. The minimum atomic E-state index is -0.0812. The van der Waals surface area contributed by atoms with Crippen LogP contribution >= 0.6 is 23.4 Å². The van der Waals surface area contributed by atoms with Gasteiger partial charge in [0, 0.05) is 25.0 Å². The molecule has 0 spiro atoms. The van der Waals surface area contributed by atoms with Crippen LogP contribution in [0.25, 0.3) is 0 Å². The summed E-state index contributed by atoms with van der Waals surface area (Å²) in [5.41, 5.74) is 1.06. The molecule has 4 nitrogen and oxygen atoms in total. The van der Waals surface area contributed by atoms with Crippen molar-refractivity contribution < 1.29 is 9.59 Å². The maximum Gasteiger partial charge on any atom is 0.233 e. The fourth-order valence-corrected chi connectivity index (χ4v) is 3.30. The van der Waals surface area contributed by atoms with Gasteiger partial charge in [-0.1, -0.05) is 23.7 Å². The Balaban J connectivity index is 2.04. The van der Waals surface area contributed by atoms with Gasteiger partial charge in [0.05, 0.1) is 5.75 Å². The minimum absolute atomic E-state index is 0.0125. The molecule has 0 aliphatic carbocycles. The van der Waals surface area contributed by atoms with E-state index < -0.39 is 0 Å². The SMILES string of the molecule is CC(=O)NCCN1C(=O)CSC1c1ccc(Cl)cc1. The molecule has 1 aliphatic rings. The van der Waals surface area contributed by atoms with Gasteiger partial charge in [0.2, 0.25) is 11.8 Å². The summed E-state index contributed by atoms with van der Waals surface area (Å²) in [7, 11) is 0. The van der Waals surface area contributed by atoms with Gasteiger partial charge in [-0.25, -0.2) is 0 Å². The highest BCUT2D eigenvalue weighted by atomic mass is 35.5. The van der Waals surface area contributed by atoms with Gasteiger partial charge in [0.1, 0.15) is 5.37 Å². The Morgan fingerprint density at radius 1 is 1.47 bits per heavy atom. The second-order valence-electron chi connectivity index (χ2n) is 4.29. The summed E-state index contributed by atoms with van der Waals surface area (Å²) in [6.45, 7) is 2.47. The smallest absolute Gasteiger partial charge is 0.233 e. The molecule has 1 unspecified atom stereocenters. The molecule has 6 heteroatoms. The molecule has 1 atom stereocenters. The van der Waals surface area contributed by atoms with Crippen LogP contribution in [0.1, 0.15) is 17.9 Å². The Labute approximate surface area is 121 Å². The van der Waals surface area contributed by atoms with Gasteiger partial charge in [-0.3, -0.25) is 9.59 Å². The summed E-state index contributed by atoms with van der Waals surface area (Å²) >= 11 is 7.46. The third kappa shape index (κ3) is 3.64. The fourth-order valence-electron chi connectivity index (χ4n) is 1.95. The highest BCUT2D eigenvalue weighted by Gasteiger charge is 2.32. The Morgan fingerprint density at radius 2 is 2.16 bits per heavy atom. The molecular formula is C13H15ClN2O2S. The van der Waals surface area contributed by atoms with E-state index in [0.29, 0.717) is 23.9 Å². The highest BCUT2D eigenvalue weighted by Crippen LogP contribution is 2.38. The standard InChI is InChI=1S/C13H15ClN2O2S/c1-9(17)15-6-7-16-12(18)8-19-13(16)10-2-4-11(14)5-3-10/h2-5,13H,6-8H2,1H3,(H,15,17). The van der Waals surface area contributed by atoms with Crippen LogP contribution in [0.2, 0.25) is 5.02 Å². The molecule has 19 heavy (non-hydrogen) atoms. The van der Waals surface area contributed by atoms with E-state index in [-0.39, 0.29) is 17.2 Å². The zero-order valence-corrected chi connectivity index (χ0v) is 12.1. The number of hydrogen-bond donors (Lipinski definition) is 1. The van der Waals surface area contributed by atoms with E-state index in [1.165, 1.54) is 6.92 Å². The van der Waals surface area contributed by atoms with Gasteiger partial charge >= 0.3 is 0 Å². The number of thioether (sulfide) groups is 1. The Bertz CT molecular complexity index is 478. The molecule has 0 radical (unpaired) electrons. The lowest BCUT2D eigenvalue weighted by Crippen LogP contribution is -2.36. The van der Waals surface area contributed by atoms with Crippen molar-refractivity contribution >= 4 is 35.2 Å². The molecule has 1 saturated heterocycles. The Kier molecular flexibility index (Phi) is 4.71. The highest BCUT2D eigenvalue weighted by molar-refractivity contribution is 8.00. The Morgan fingerprint density at radius 3 is 2.79 bits per heavy atom. The summed E-state index contributed by atoms with van der Waals surface area (Å²) in [4.78, 5) is 24.5. The van der Waals surface area contributed by atoms with Crippen molar-refractivity contribution in [2.24, 2.45) is 0 Å². The monoisotopic (exact) mass is 298 g/mol. The second-order valence-corrected chi connectivity index (χ2v) is 5.79. The molecule has 0 aromatic heterocycles. The van der Waals surface area contributed by atoms with Crippen LogP contribution in [0.3, 0.4) is 0 Å². The van der Waals surface area contributed by atoms with Crippen molar-refractivity contribution in [1.29, 1.82) is 0 Å². The quantitative estimate of drug-likeness (QED) is 0.925. The van der Waals surface area contributed by atoms with Crippen LogP contribution in [-0.2, 0) is 9.59 Å². The molecule has 1 N–H and O–H groups in total. The fraction of sp³-hybridized carbons (Fsp3) is 0.385. The van der Waals surface area contributed by atoms with Crippen LogP contribution in [0, 0.1) is 0 Å². The van der Waals surface area contributed by atoms with Crippen LogP contribution in [0.4, 0.5) is 0 Å². The van der Waals surface area contributed by atoms with E-state index in [2.05, 4.69) is 5.32 Å². The second kappa shape index (κ2) is 6.30. The first-order chi connectivity index (χ1) is 9.08. The zero-order chi connectivity index (χ0) is 13.8. The van der Waals surface area contributed by atoms with Gasteiger partial charge in [-0.2, -0.15) is 0 Å². The molecule has 1 heterocycles. The van der Waals surface area contributed by atoms with E-state index in [4.69, 9.17) is 11.6 Å². The van der Waals surface area contributed by atoms with Crippen LogP contribution in [-0.4, -0.2) is 35.6 Å². The number of carbonyl (C=O) groups excluding carboxylic acids is 2. The van der Waals surface area contributed by atoms with Crippen LogP contribution in [0.5, 0.6) is 0 Å².